The Labute approximate surface area is 196 Å². The van der Waals surface area contributed by atoms with Gasteiger partial charge in [0, 0.05) is 19.2 Å². The van der Waals surface area contributed by atoms with E-state index in [0.717, 1.165) is 32.2 Å². The van der Waals surface area contributed by atoms with Crippen LogP contribution in [-0.4, -0.2) is 9.55 Å². The van der Waals surface area contributed by atoms with E-state index in [0.29, 0.717) is 0 Å². The first-order chi connectivity index (χ1) is 15.8. The molecule has 32 heavy (non-hydrogen) atoms. The molecule has 0 atom stereocenters. The molecule has 172 valence electrons. The second kappa shape index (κ2) is 14.7. The number of benzene rings is 2. The SMILES string of the molecule is CCCCCCCCCCCn1cc(CCCc2ccccc2)nc1Cc1ccccc1. The van der Waals surface area contributed by atoms with Crippen LogP contribution in [0.3, 0.4) is 0 Å². The predicted octanol–water partition coefficient (Wildman–Crippen LogP) is 8.18. The fraction of sp³-hybridized carbons (Fsp3) is 0.500. The summed E-state index contributed by atoms with van der Waals surface area (Å²) >= 11 is 0. The Bertz CT molecular complexity index is 851. The fourth-order valence-corrected chi connectivity index (χ4v) is 4.46. The van der Waals surface area contributed by atoms with Crippen molar-refractivity contribution in [3.05, 3.63) is 89.5 Å². The van der Waals surface area contributed by atoms with Crippen molar-refractivity contribution in [2.75, 3.05) is 0 Å². The summed E-state index contributed by atoms with van der Waals surface area (Å²) in [6.07, 6.45) is 18.9. The van der Waals surface area contributed by atoms with Crippen molar-refractivity contribution in [2.45, 2.75) is 96.9 Å². The lowest BCUT2D eigenvalue weighted by molar-refractivity contribution is 0.532. The number of hydrogen-bond donors (Lipinski definition) is 0. The highest BCUT2D eigenvalue weighted by atomic mass is 15.1. The standard InChI is InChI=1S/C30H42N2/c1-2-3-4-5-6-7-8-9-16-24-32-26-29(23-17-22-27-18-12-10-13-19-27)31-30(32)25-28-20-14-11-15-21-28/h10-15,18-21,26H,2-9,16-17,22-25H2,1H3. The van der Waals surface area contributed by atoms with E-state index in [1.54, 1.807) is 0 Å². The van der Waals surface area contributed by atoms with Crippen LogP contribution in [0.2, 0.25) is 0 Å². The topological polar surface area (TPSA) is 17.8 Å². The van der Waals surface area contributed by atoms with Gasteiger partial charge in [-0.15, -0.1) is 0 Å². The molecule has 1 aromatic heterocycles. The summed E-state index contributed by atoms with van der Waals surface area (Å²) in [5.74, 6) is 1.23. The molecule has 2 nitrogen and oxygen atoms in total. The van der Waals surface area contributed by atoms with Crippen molar-refractivity contribution in [3.63, 3.8) is 0 Å². The molecular weight excluding hydrogens is 388 g/mol. The molecular formula is C30H42N2. The summed E-state index contributed by atoms with van der Waals surface area (Å²) in [5, 5.41) is 0. The molecule has 0 amide bonds. The van der Waals surface area contributed by atoms with Crippen LogP contribution in [-0.2, 0) is 25.8 Å². The molecule has 0 saturated heterocycles. The fourth-order valence-electron chi connectivity index (χ4n) is 4.46. The van der Waals surface area contributed by atoms with Gasteiger partial charge in [-0.25, -0.2) is 4.98 Å². The van der Waals surface area contributed by atoms with Gasteiger partial charge in [0.1, 0.15) is 5.82 Å². The van der Waals surface area contributed by atoms with Crippen LogP contribution in [0.5, 0.6) is 0 Å². The second-order valence-corrected chi connectivity index (χ2v) is 9.17. The lowest BCUT2D eigenvalue weighted by atomic mass is 10.1. The van der Waals surface area contributed by atoms with Gasteiger partial charge in [-0.3, -0.25) is 0 Å². The zero-order chi connectivity index (χ0) is 22.3. The maximum absolute atomic E-state index is 5.06. The lowest BCUT2D eigenvalue weighted by Gasteiger charge is -2.08. The molecule has 3 aromatic rings. The van der Waals surface area contributed by atoms with Crippen LogP contribution < -0.4 is 0 Å². The number of aryl methyl sites for hydroxylation is 3. The Balaban J connectivity index is 1.48. The third-order valence-electron chi connectivity index (χ3n) is 6.36. The van der Waals surface area contributed by atoms with Crippen LogP contribution in [0.1, 0.15) is 93.8 Å². The van der Waals surface area contributed by atoms with Gasteiger partial charge in [-0.1, -0.05) is 119 Å². The second-order valence-electron chi connectivity index (χ2n) is 9.17. The average molecular weight is 431 g/mol. The van der Waals surface area contributed by atoms with E-state index < -0.39 is 0 Å². The van der Waals surface area contributed by atoms with Crippen LogP contribution in [0.4, 0.5) is 0 Å². The third-order valence-corrected chi connectivity index (χ3v) is 6.36. The molecule has 0 saturated carbocycles. The summed E-state index contributed by atoms with van der Waals surface area (Å²) in [7, 11) is 0. The normalized spacial score (nSPS) is 11.2. The van der Waals surface area contributed by atoms with Crippen molar-refractivity contribution in [3.8, 4) is 0 Å². The maximum atomic E-state index is 5.06. The molecule has 0 radical (unpaired) electrons. The number of hydrogen-bond acceptors (Lipinski definition) is 1. The van der Waals surface area contributed by atoms with Crippen LogP contribution >= 0.6 is 0 Å². The van der Waals surface area contributed by atoms with Crippen molar-refractivity contribution < 1.29 is 0 Å². The molecule has 0 bridgehead atoms. The Morgan fingerprint density at radius 3 is 1.88 bits per heavy atom. The van der Waals surface area contributed by atoms with E-state index in [9.17, 15) is 0 Å². The number of unbranched alkanes of at least 4 members (excludes halogenated alkanes) is 8. The zero-order valence-corrected chi connectivity index (χ0v) is 20.1. The van der Waals surface area contributed by atoms with Gasteiger partial charge >= 0.3 is 0 Å². The van der Waals surface area contributed by atoms with E-state index in [2.05, 4.69) is 78.4 Å². The molecule has 0 spiro atoms. The Kier molecular flexibility index (Phi) is 11.1. The number of nitrogens with zero attached hydrogens (tertiary/aromatic N) is 2. The van der Waals surface area contributed by atoms with E-state index in [1.165, 1.54) is 80.4 Å². The highest BCUT2D eigenvalue weighted by Gasteiger charge is 2.09. The molecule has 2 aromatic carbocycles. The quantitative estimate of drug-likeness (QED) is 0.209. The molecule has 0 unspecified atom stereocenters. The highest BCUT2D eigenvalue weighted by Crippen LogP contribution is 2.15. The molecule has 1 heterocycles. The number of aromatic nitrogens is 2. The van der Waals surface area contributed by atoms with Gasteiger partial charge < -0.3 is 4.57 Å². The minimum atomic E-state index is 0.928. The number of imidazole rings is 1. The van der Waals surface area contributed by atoms with Gasteiger partial charge in [-0.2, -0.15) is 0 Å². The zero-order valence-electron chi connectivity index (χ0n) is 20.1. The Morgan fingerprint density at radius 1 is 0.625 bits per heavy atom. The summed E-state index contributed by atoms with van der Waals surface area (Å²) < 4.78 is 2.44. The molecule has 0 fully saturated rings. The van der Waals surface area contributed by atoms with Crippen molar-refractivity contribution in [1.29, 1.82) is 0 Å². The first kappa shape index (κ1) is 24.3. The van der Waals surface area contributed by atoms with E-state index >= 15 is 0 Å². The third kappa shape index (κ3) is 9.02. The van der Waals surface area contributed by atoms with Gasteiger partial charge in [0.2, 0.25) is 0 Å². The van der Waals surface area contributed by atoms with E-state index in [-0.39, 0.29) is 0 Å². The average Bonchev–Trinajstić information content (AvgIpc) is 3.20. The van der Waals surface area contributed by atoms with Crippen molar-refractivity contribution in [1.82, 2.24) is 9.55 Å². The summed E-state index contributed by atoms with van der Waals surface area (Å²) in [4.78, 5) is 5.06. The summed E-state index contributed by atoms with van der Waals surface area (Å²) in [6, 6.07) is 21.6. The smallest absolute Gasteiger partial charge is 0.113 e. The van der Waals surface area contributed by atoms with Crippen LogP contribution in [0.15, 0.2) is 66.9 Å². The molecule has 0 N–H and O–H groups in total. The predicted molar refractivity (Wildman–Crippen MR) is 137 cm³/mol. The van der Waals surface area contributed by atoms with Crippen LogP contribution in [0.25, 0.3) is 0 Å². The van der Waals surface area contributed by atoms with Gasteiger partial charge in [-0.05, 0) is 36.8 Å². The molecule has 0 aliphatic carbocycles. The molecule has 3 rings (SSSR count). The first-order valence-corrected chi connectivity index (χ1v) is 13.0. The molecule has 0 aliphatic rings. The van der Waals surface area contributed by atoms with Gasteiger partial charge in [0.15, 0.2) is 0 Å². The maximum Gasteiger partial charge on any atom is 0.113 e. The minimum absolute atomic E-state index is 0.928. The first-order valence-electron chi connectivity index (χ1n) is 13.0. The Hall–Kier alpha value is -2.35. The van der Waals surface area contributed by atoms with Gasteiger partial charge in [0.05, 0.1) is 5.69 Å². The van der Waals surface area contributed by atoms with E-state index in [1.807, 2.05) is 0 Å². The highest BCUT2D eigenvalue weighted by molar-refractivity contribution is 5.21. The van der Waals surface area contributed by atoms with Crippen LogP contribution in [0, 0.1) is 0 Å². The monoisotopic (exact) mass is 430 g/mol. The lowest BCUT2D eigenvalue weighted by Crippen LogP contribution is -2.04. The van der Waals surface area contributed by atoms with Gasteiger partial charge in [0.25, 0.3) is 0 Å². The summed E-state index contributed by atoms with van der Waals surface area (Å²) in [5.41, 5.74) is 4.02. The largest absolute Gasteiger partial charge is 0.334 e. The summed E-state index contributed by atoms with van der Waals surface area (Å²) in [6.45, 7) is 3.39. The minimum Gasteiger partial charge on any atom is -0.334 e. The van der Waals surface area contributed by atoms with Crippen molar-refractivity contribution in [2.24, 2.45) is 0 Å². The molecule has 2 heteroatoms. The molecule has 0 aliphatic heterocycles. The van der Waals surface area contributed by atoms with Crippen molar-refractivity contribution >= 4 is 0 Å². The van der Waals surface area contributed by atoms with E-state index in [4.69, 9.17) is 4.98 Å². The Morgan fingerprint density at radius 2 is 1.22 bits per heavy atom. The number of rotatable bonds is 16.